The summed E-state index contributed by atoms with van der Waals surface area (Å²) in [5.74, 6) is 0.00490. The Morgan fingerprint density at radius 3 is 2.44 bits per heavy atom. The number of amides is 1. The summed E-state index contributed by atoms with van der Waals surface area (Å²) < 4.78 is 0. The minimum absolute atomic E-state index is 0.00953. The monoisotopic (exact) mass is 490 g/mol. The van der Waals surface area contributed by atoms with Crippen LogP contribution in [0.15, 0.2) is 60.7 Å². The fraction of sp³-hybridized carbons (Fsp3) is 0.367. The molecule has 0 aliphatic carbocycles. The third-order valence-electron chi connectivity index (χ3n) is 6.63. The zero-order chi connectivity index (χ0) is 26.3. The Labute approximate surface area is 214 Å². The molecule has 0 saturated heterocycles. The van der Waals surface area contributed by atoms with Crippen LogP contribution < -0.4 is 10.6 Å². The lowest BCUT2D eigenvalue weighted by atomic mass is 9.93. The van der Waals surface area contributed by atoms with Crippen LogP contribution in [0.5, 0.6) is 5.75 Å². The average molecular weight is 491 g/mol. The van der Waals surface area contributed by atoms with E-state index in [0.29, 0.717) is 30.6 Å². The van der Waals surface area contributed by atoms with Gasteiger partial charge in [0.1, 0.15) is 5.75 Å². The molecule has 6 heteroatoms. The van der Waals surface area contributed by atoms with Crippen molar-refractivity contribution >= 4 is 5.91 Å². The van der Waals surface area contributed by atoms with Crippen LogP contribution in [0.25, 0.3) is 0 Å². The van der Waals surface area contributed by atoms with Crippen LogP contribution in [0.3, 0.4) is 0 Å². The molecule has 1 amide bonds. The molecule has 0 unspecified atom stereocenters. The molecule has 3 aromatic carbocycles. The lowest BCUT2D eigenvalue weighted by molar-refractivity contribution is -0.120. The van der Waals surface area contributed by atoms with Crippen molar-refractivity contribution in [2.24, 2.45) is 0 Å². The van der Waals surface area contributed by atoms with Gasteiger partial charge in [0.2, 0.25) is 5.91 Å². The highest BCUT2D eigenvalue weighted by molar-refractivity contribution is 5.78. The van der Waals surface area contributed by atoms with Crippen LogP contribution in [-0.4, -0.2) is 33.3 Å². The van der Waals surface area contributed by atoms with Crippen LogP contribution in [-0.2, 0) is 30.8 Å². The summed E-state index contributed by atoms with van der Waals surface area (Å²) in [6, 6.07) is 18.9. The van der Waals surface area contributed by atoms with Crippen LogP contribution in [0.1, 0.15) is 58.9 Å². The Bertz CT molecular complexity index is 1190. The first-order chi connectivity index (χ1) is 17.1. The number of aromatic hydroxyl groups is 1. The molecule has 0 aliphatic rings. The Kier molecular flexibility index (Phi) is 9.26. The van der Waals surface area contributed by atoms with Crippen LogP contribution >= 0.6 is 0 Å². The molecule has 0 saturated carbocycles. The van der Waals surface area contributed by atoms with E-state index in [1.165, 1.54) is 17.2 Å². The van der Waals surface area contributed by atoms with Gasteiger partial charge in [0.25, 0.3) is 0 Å². The number of β-amino-alcohol motifs (C(OH)–C–C–N with tert-alkyl or cyclic N) is 1. The molecule has 0 spiro atoms. The molecule has 192 valence electrons. The minimum atomic E-state index is -0.776. The normalized spacial score (nSPS) is 12.4. The minimum Gasteiger partial charge on any atom is -0.508 e. The van der Waals surface area contributed by atoms with E-state index < -0.39 is 6.10 Å². The SMILES string of the molecule is Cc1cccc(CNC(=O)Cc2cccc(CC(C)(C)NC[C@@H](O)c3ccc(O)c(CO)c3)c2)c1C. The van der Waals surface area contributed by atoms with Crippen LogP contribution in [0.2, 0.25) is 0 Å². The number of phenols is 1. The largest absolute Gasteiger partial charge is 0.508 e. The van der Waals surface area contributed by atoms with Gasteiger partial charge in [-0.3, -0.25) is 4.79 Å². The van der Waals surface area contributed by atoms with Crippen molar-refractivity contribution in [3.8, 4) is 5.75 Å². The van der Waals surface area contributed by atoms with Crippen LogP contribution in [0, 0.1) is 13.8 Å². The van der Waals surface area contributed by atoms with Crippen molar-refractivity contribution in [2.45, 2.75) is 65.3 Å². The van der Waals surface area contributed by atoms with Crippen molar-refractivity contribution in [1.29, 1.82) is 0 Å². The first kappa shape index (κ1) is 27.4. The number of carbonyl (C=O) groups excluding carboxylic acids is 1. The van der Waals surface area contributed by atoms with Gasteiger partial charge in [-0.1, -0.05) is 48.5 Å². The zero-order valence-corrected chi connectivity index (χ0v) is 21.6. The van der Waals surface area contributed by atoms with Gasteiger partial charge >= 0.3 is 0 Å². The number of rotatable bonds is 11. The van der Waals surface area contributed by atoms with E-state index in [1.54, 1.807) is 12.1 Å². The number of benzene rings is 3. The molecule has 5 N–H and O–H groups in total. The predicted molar refractivity (Wildman–Crippen MR) is 143 cm³/mol. The molecular weight excluding hydrogens is 452 g/mol. The molecule has 36 heavy (non-hydrogen) atoms. The first-order valence-electron chi connectivity index (χ1n) is 12.3. The van der Waals surface area contributed by atoms with Gasteiger partial charge < -0.3 is 26.0 Å². The van der Waals surface area contributed by atoms with Crippen molar-refractivity contribution in [1.82, 2.24) is 10.6 Å². The number of hydrogen-bond donors (Lipinski definition) is 5. The van der Waals surface area contributed by atoms with E-state index in [4.69, 9.17) is 0 Å². The van der Waals surface area contributed by atoms with Gasteiger partial charge in [-0.2, -0.15) is 0 Å². The summed E-state index contributed by atoms with van der Waals surface area (Å²) in [7, 11) is 0. The second kappa shape index (κ2) is 12.2. The van der Waals surface area contributed by atoms with E-state index in [9.17, 15) is 20.1 Å². The average Bonchev–Trinajstić information content (AvgIpc) is 2.83. The maximum atomic E-state index is 12.6. The molecular formula is C30H38N2O4. The Morgan fingerprint density at radius 1 is 0.972 bits per heavy atom. The summed E-state index contributed by atoms with van der Waals surface area (Å²) in [5.41, 5.74) is 6.34. The number of hydrogen-bond acceptors (Lipinski definition) is 5. The topological polar surface area (TPSA) is 102 Å². The Hall–Kier alpha value is -3.19. The third-order valence-corrected chi connectivity index (χ3v) is 6.63. The van der Waals surface area contributed by atoms with Gasteiger partial charge in [0, 0.05) is 24.2 Å². The third kappa shape index (κ3) is 7.65. The Balaban J connectivity index is 1.54. The molecule has 3 rings (SSSR count). The number of nitrogens with one attached hydrogen (secondary N) is 2. The van der Waals surface area contributed by atoms with E-state index >= 15 is 0 Å². The molecule has 0 fully saturated rings. The van der Waals surface area contributed by atoms with Crippen LogP contribution in [0.4, 0.5) is 0 Å². The van der Waals surface area contributed by atoms with E-state index in [-0.39, 0.29) is 23.8 Å². The molecule has 1 atom stereocenters. The molecule has 0 aliphatic heterocycles. The van der Waals surface area contributed by atoms with E-state index in [0.717, 1.165) is 23.1 Å². The first-order valence-corrected chi connectivity index (χ1v) is 12.3. The van der Waals surface area contributed by atoms with Crippen molar-refractivity contribution in [3.63, 3.8) is 0 Å². The predicted octanol–water partition coefficient (Wildman–Crippen LogP) is 4.00. The fourth-order valence-corrected chi connectivity index (χ4v) is 4.30. The van der Waals surface area contributed by atoms with Crippen molar-refractivity contribution < 1.29 is 20.1 Å². The standard InChI is InChI=1S/C30H38N2O4/c1-20-7-5-10-25(21(20)2)17-31-29(36)14-22-8-6-9-23(13-22)16-30(3,4)32-18-28(35)24-11-12-27(34)26(15-24)19-33/h5-13,15,28,32-35H,14,16-19H2,1-4H3,(H,31,36)/t28-/m1/s1. The highest BCUT2D eigenvalue weighted by atomic mass is 16.3. The summed E-state index contributed by atoms with van der Waals surface area (Å²) in [6.07, 6.45) is 0.260. The van der Waals surface area contributed by atoms with Crippen molar-refractivity contribution in [3.05, 3.63) is 99.6 Å². The summed E-state index contributed by atoms with van der Waals surface area (Å²) in [5, 5.41) is 36.1. The van der Waals surface area contributed by atoms with E-state index in [1.807, 2.05) is 30.3 Å². The molecule has 3 aromatic rings. The molecule has 6 nitrogen and oxygen atoms in total. The molecule has 0 aromatic heterocycles. The smallest absolute Gasteiger partial charge is 0.224 e. The van der Waals surface area contributed by atoms with Gasteiger partial charge in [-0.05, 0) is 79.6 Å². The summed E-state index contributed by atoms with van der Waals surface area (Å²) in [6.45, 7) is 8.84. The fourth-order valence-electron chi connectivity index (χ4n) is 4.30. The van der Waals surface area contributed by atoms with Gasteiger partial charge in [-0.25, -0.2) is 0 Å². The van der Waals surface area contributed by atoms with Crippen molar-refractivity contribution in [2.75, 3.05) is 6.54 Å². The summed E-state index contributed by atoms with van der Waals surface area (Å²) in [4.78, 5) is 12.6. The number of aliphatic hydroxyl groups excluding tert-OH is 2. The highest BCUT2D eigenvalue weighted by Gasteiger charge is 2.20. The Morgan fingerprint density at radius 2 is 1.69 bits per heavy atom. The second-order valence-corrected chi connectivity index (χ2v) is 10.1. The summed E-state index contributed by atoms with van der Waals surface area (Å²) >= 11 is 0. The van der Waals surface area contributed by atoms with Gasteiger partial charge in [-0.15, -0.1) is 0 Å². The lowest BCUT2D eigenvalue weighted by Crippen LogP contribution is -2.43. The maximum Gasteiger partial charge on any atom is 0.224 e. The number of aliphatic hydroxyl groups is 2. The highest BCUT2D eigenvalue weighted by Crippen LogP contribution is 2.23. The molecule has 0 heterocycles. The number of carbonyl (C=O) groups is 1. The number of aryl methyl sites for hydroxylation is 1. The van der Waals surface area contributed by atoms with Gasteiger partial charge in [0.05, 0.1) is 19.1 Å². The second-order valence-electron chi connectivity index (χ2n) is 10.1. The molecule has 0 bridgehead atoms. The zero-order valence-electron chi connectivity index (χ0n) is 21.6. The van der Waals surface area contributed by atoms with E-state index in [2.05, 4.69) is 50.5 Å². The van der Waals surface area contributed by atoms with Gasteiger partial charge in [0.15, 0.2) is 0 Å². The lowest BCUT2D eigenvalue weighted by Gasteiger charge is -2.28. The maximum absolute atomic E-state index is 12.6. The molecule has 0 radical (unpaired) electrons. The quantitative estimate of drug-likeness (QED) is 0.280.